The molecule has 3 aromatic rings. The van der Waals surface area contributed by atoms with E-state index in [2.05, 4.69) is 23.2 Å². The van der Waals surface area contributed by atoms with Crippen molar-refractivity contribution in [1.29, 1.82) is 0 Å². The summed E-state index contributed by atoms with van der Waals surface area (Å²) in [7, 11) is 0. The molecule has 1 aromatic carbocycles. The molecule has 0 bridgehead atoms. The average Bonchev–Trinajstić information content (AvgIpc) is 2.60. The van der Waals surface area contributed by atoms with Crippen LogP contribution in [0.15, 0.2) is 47.5 Å². The molecule has 0 saturated heterocycles. The van der Waals surface area contributed by atoms with Gasteiger partial charge in [0.1, 0.15) is 0 Å². The van der Waals surface area contributed by atoms with Crippen molar-refractivity contribution in [3.05, 3.63) is 63.4 Å². The molecule has 2 nitrogen and oxygen atoms in total. The second-order valence-electron chi connectivity index (χ2n) is 7.32. The Morgan fingerprint density at radius 3 is 2.75 bits per heavy atom. The Kier molecular flexibility index (Phi) is 3.14. The van der Waals surface area contributed by atoms with Gasteiger partial charge in [-0.15, -0.1) is 11.3 Å². The van der Waals surface area contributed by atoms with Crippen molar-refractivity contribution in [3.63, 3.8) is 0 Å². The second kappa shape index (κ2) is 5.25. The molecule has 0 radical (unpaired) electrons. The van der Waals surface area contributed by atoms with Crippen LogP contribution in [0.3, 0.4) is 0 Å². The molecule has 5 rings (SSSR count). The number of hydrogen-bond donors (Lipinski definition) is 0. The van der Waals surface area contributed by atoms with Crippen molar-refractivity contribution in [2.75, 3.05) is 0 Å². The van der Waals surface area contributed by atoms with Gasteiger partial charge in [0.15, 0.2) is 5.43 Å². The fourth-order valence-corrected chi connectivity index (χ4v) is 5.73. The van der Waals surface area contributed by atoms with E-state index in [1.54, 1.807) is 6.20 Å². The van der Waals surface area contributed by atoms with E-state index < -0.39 is 0 Å². The largest absolute Gasteiger partial charge is 0.289 e. The summed E-state index contributed by atoms with van der Waals surface area (Å²) < 4.78 is 1.12. The van der Waals surface area contributed by atoms with Gasteiger partial charge in [-0.05, 0) is 61.3 Å². The molecule has 2 aromatic heterocycles. The van der Waals surface area contributed by atoms with E-state index in [0.717, 1.165) is 39.6 Å². The molecule has 0 aliphatic heterocycles. The molecule has 1 spiro atoms. The Labute approximate surface area is 145 Å². The smallest absolute Gasteiger partial charge is 0.191 e. The van der Waals surface area contributed by atoms with Crippen molar-refractivity contribution in [1.82, 2.24) is 4.98 Å². The molecule has 0 unspecified atom stereocenters. The Morgan fingerprint density at radius 1 is 1.08 bits per heavy atom. The van der Waals surface area contributed by atoms with Gasteiger partial charge in [-0.3, -0.25) is 9.78 Å². The van der Waals surface area contributed by atoms with Crippen LogP contribution in [0.1, 0.15) is 36.1 Å². The summed E-state index contributed by atoms with van der Waals surface area (Å²) in [6.45, 7) is 0. The highest BCUT2D eigenvalue weighted by Gasteiger charge is 2.40. The number of hydrogen-bond acceptors (Lipinski definition) is 3. The van der Waals surface area contributed by atoms with Crippen LogP contribution >= 0.6 is 11.3 Å². The van der Waals surface area contributed by atoms with Gasteiger partial charge >= 0.3 is 0 Å². The maximum Gasteiger partial charge on any atom is 0.191 e. The zero-order valence-electron chi connectivity index (χ0n) is 13.5. The third-order valence-corrected chi connectivity index (χ3v) is 7.11. The van der Waals surface area contributed by atoms with E-state index in [-0.39, 0.29) is 5.43 Å². The van der Waals surface area contributed by atoms with Crippen LogP contribution in [0.25, 0.3) is 21.2 Å². The van der Waals surface area contributed by atoms with Crippen LogP contribution in [0.4, 0.5) is 0 Å². The van der Waals surface area contributed by atoms with Crippen molar-refractivity contribution in [2.24, 2.45) is 5.41 Å². The van der Waals surface area contributed by atoms with Gasteiger partial charge in [-0.1, -0.05) is 18.6 Å². The molecular formula is C21H19NOS. The molecule has 120 valence electrons. The zero-order chi connectivity index (χ0) is 16.1. The first-order valence-electron chi connectivity index (χ1n) is 8.73. The molecule has 2 aliphatic rings. The van der Waals surface area contributed by atoms with Gasteiger partial charge in [0, 0.05) is 38.5 Å². The zero-order valence-corrected chi connectivity index (χ0v) is 14.4. The van der Waals surface area contributed by atoms with Crippen molar-refractivity contribution < 1.29 is 0 Å². The molecule has 2 aliphatic carbocycles. The lowest BCUT2D eigenvalue weighted by Gasteiger charge is -2.45. The third-order valence-electron chi connectivity index (χ3n) is 5.92. The van der Waals surface area contributed by atoms with Crippen LogP contribution < -0.4 is 5.43 Å². The third kappa shape index (κ3) is 2.15. The molecule has 0 N–H and O–H groups in total. The van der Waals surface area contributed by atoms with E-state index in [1.165, 1.54) is 30.6 Å². The normalized spacial score (nSPS) is 18.3. The minimum absolute atomic E-state index is 0.269. The highest BCUT2D eigenvalue weighted by Crippen LogP contribution is 2.51. The molecular weight excluding hydrogens is 314 g/mol. The molecule has 0 atom stereocenters. The van der Waals surface area contributed by atoms with E-state index in [4.69, 9.17) is 0 Å². The van der Waals surface area contributed by atoms with E-state index in [1.807, 2.05) is 29.7 Å². The first-order chi connectivity index (χ1) is 11.7. The lowest BCUT2D eigenvalue weighted by atomic mass is 9.61. The van der Waals surface area contributed by atoms with Gasteiger partial charge in [0.2, 0.25) is 0 Å². The van der Waals surface area contributed by atoms with Gasteiger partial charge in [0.25, 0.3) is 0 Å². The summed E-state index contributed by atoms with van der Waals surface area (Å²) in [6.07, 6.45) is 11.0. The Hall–Kier alpha value is -2.00. The summed E-state index contributed by atoms with van der Waals surface area (Å²) in [5.41, 5.74) is 4.13. The standard InChI is InChI=1S/C21H19NOS/c23-20-16-5-4-14(15-3-1-10-22-13-15)11-18(16)24-19-12-21(7-2-8-21)9-6-17(19)20/h1,3-5,10-11,13H,2,6-9,12H2. The first kappa shape index (κ1) is 14.4. The Morgan fingerprint density at radius 2 is 2.00 bits per heavy atom. The molecule has 2 heterocycles. The monoisotopic (exact) mass is 333 g/mol. The summed E-state index contributed by atoms with van der Waals surface area (Å²) in [5, 5.41) is 0.885. The molecule has 3 heteroatoms. The Bertz CT molecular complexity index is 986. The van der Waals surface area contributed by atoms with Crippen molar-refractivity contribution in [3.8, 4) is 11.1 Å². The second-order valence-corrected chi connectivity index (χ2v) is 8.45. The number of aromatic nitrogens is 1. The predicted octanol–water partition coefficient (Wildman–Crippen LogP) is 4.98. The average molecular weight is 333 g/mol. The van der Waals surface area contributed by atoms with Crippen LogP contribution in [0.2, 0.25) is 0 Å². The van der Waals surface area contributed by atoms with Crippen LogP contribution in [-0.4, -0.2) is 4.98 Å². The number of pyridine rings is 1. The number of fused-ring (bicyclic) bond motifs is 2. The van der Waals surface area contributed by atoms with E-state index in [0.29, 0.717) is 5.41 Å². The van der Waals surface area contributed by atoms with Crippen molar-refractivity contribution >= 4 is 21.4 Å². The van der Waals surface area contributed by atoms with Gasteiger partial charge in [-0.25, -0.2) is 0 Å². The van der Waals surface area contributed by atoms with Crippen LogP contribution in [0.5, 0.6) is 0 Å². The van der Waals surface area contributed by atoms with Crippen LogP contribution in [-0.2, 0) is 12.8 Å². The number of benzene rings is 1. The van der Waals surface area contributed by atoms with Crippen LogP contribution in [0, 0.1) is 5.41 Å². The van der Waals surface area contributed by atoms with Crippen molar-refractivity contribution in [2.45, 2.75) is 38.5 Å². The summed E-state index contributed by atoms with van der Waals surface area (Å²) in [4.78, 5) is 18.5. The van der Waals surface area contributed by atoms with Gasteiger partial charge < -0.3 is 0 Å². The molecule has 24 heavy (non-hydrogen) atoms. The van der Waals surface area contributed by atoms with E-state index in [9.17, 15) is 4.79 Å². The maximum absolute atomic E-state index is 12.9. The Balaban J connectivity index is 1.66. The number of nitrogens with zero attached hydrogens (tertiary/aromatic N) is 1. The quantitative estimate of drug-likeness (QED) is 0.628. The highest BCUT2D eigenvalue weighted by atomic mass is 32.1. The minimum atomic E-state index is 0.269. The minimum Gasteiger partial charge on any atom is -0.289 e. The topological polar surface area (TPSA) is 30.0 Å². The lowest BCUT2D eigenvalue weighted by molar-refractivity contribution is 0.113. The van der Waals surface area contributed by atoms with E-state index >= 15 is 0 Å². The molecule has 1 fully saturated rings. The predicted molar refractivity (Wildman–Crippen MR) is 99.6 cm³/mol. The fraction of sp³-hybridized carbons (Fsp3) is 0.333. The SMILES string of the molecule is O=c1c2c(sc3cc(-c4cccnc4)ccc13)CC1(CCC1)CC2. The maximum atomic E-state index is 12.9. The summed E-state index contributed by atoms with van der Waals surface area (Å²) >= 11 is 1.84. The van der Waals surface area contributed by atoms with Gasteiger partial charge in [-0.2, -0.15) is 0 Å². The summed E-state index contributed by atoms with van der Waals surface area (Å²) in [6, 6.07) is 10.2. The highest BCUT2D eigenvalue weighted by molar-refractivity contribution is 7.18. The first-order valence-corrected chi connectivity index (χ1v) is 9.55. The fourth-order valence-electron chi connectivity index (χ4n) is 4.31. The summed E-state index contributed by atoms with van der Waals surface area (Å²) in [5.74, 6) is 0. The van der Waals surface area contributed by atoms with Gasteiger partial charge in [0.05, 0.1) is 0 Å². The lowest BCUT2D eigenvalue weighted by Crippen LogP contribution is -2.36. The molecule has 0 amide bonds. The molecule has 1 saturated carbocycles. The number of rotatable bonds is 1.